The zero-order valence-corrected chi connectivity index (χ0v) is 18.6. The minimum absolute atomic E-state index is 0.166. The number of nitrogens with zero attached hydrogens (tertiary/aromatic N) is 1. The Bertz CT molecular complexity index is 1060. The van der Waals surface area contributed by atoms with Crippen LogP contribution in [0.2, 0.25) is 0 Å². The lowest BCUT2D eigenvalue weighted by Crippen LogP contribution is -2.41. The normalized spacial score (nSPS) is 17.8. The molecule has 1 heterocycles. The first-order valence-electron chi connectivity index (χ1n) is 9.52. The summed E-state index contributed by atoms with van der Waals surface area (Å²) in [6.45, 7) is 7.83. The molecule has 1 amide bonds. The highest BCUT2D eigenvalue weighted by molar-refractivity contribution is 7.92. The Morgan fingerprint density at radius 2 is 1.86 bits per heavy atom. The molecule has 0 fully saturated rings. The molecule has 1 aliphatic heterocycles. The van der Waals surface area contributed by atoms with Crippen molar-refractivity contribution >= 4 is 21.6 Å². The maximum atomic E-state index is 12.9. The summed E-state index contributed by atoms with van der Waals surface area (Å²) in [4.78, 5) is 12.9. The second-order valence-corrected chi connectivity index (χ2v) is 10.4. The van der Waals surface area contributed by atoms with Crippen LogP contribution in [0.5, 0.6) is 5.75 Å². The number of nitrogens with one attached hydrogen (secondary N) is 1. The number of anilines is 1. The number of ether oxygens (including phenoxy) is 1. The first-order chi connectivity index (χ1) is 13.4. The summed E-state index contributed by atoms with van der Waals surface area (Å²) >= 11 is 0. The molecule has 2 aromatic carbocycles. The van der Waals surface area contributed by atoms with Gasteiger partial charge in [-0.15, -0.1) is 0 Å². The number of rotatable bonds is 4. The van der Waals surface area contributed by atoms with E-state index in [-0.39, 0.29) is 11.9 Å². The van der Waals surface area contributed by atoms with Gasteiger partial charge in [0.15, 0.2) is 0 Å². The van der Waals surface area contributed by atoms with E-state index in [4.69, 9.17) is 4.74 Å². The van der Waals surface area contributed by atoms with E-state index in [2.05, 4.69) is 5.32 Å². The van der Waals surface area contributed by atoms with E-state index in [1.165, 1.54) is 11.4 Å². The highest BCUT2D eigenvalue weighted by atomic mass is 32.2. The molecule has 0 bridgehead atoms. The molecule has 0 aliphatic carbocycles. The Morgan fingerprint density at radius 3 is 2.48 bits per heavy atom. The minimum Gasteiger partial charge on any atom is -0.487 e. The third-order valence-corrected chi connectivity index (χ3v) is 6.42. The van der Waals surface area contributed by atoms with Crippen molar-refractivity contribution in [2.75, 3.05) is 17.6 Å². The molecule has 0 spiro atoms. The van der Waals surface area contributed by atoms with Gasteiger partial charge in [-0.05, 0) is 63.1 Å². The first kappa shape index (κ1) is 21.2. The van der Waals surface area contributed by atoms with Crippen LogP contribution in [0, 0.1) is 13.8 Å². The Kier molecular flexibility index (Phi) is 5.38. The third-order valence-electron chi connectivity index (χ3n) is 5.23. The first-order valence-corrected chi connectivity index (χ1v) is 11.4. The molecular formula is C22H28N2O4S. The van der Waals surface area contributed by atoms with Crippen molar-refractivity contribution < 1.29 is 17.9 Å². The second kappa shape index (κ2) is 7.37. The Morgan fingerprint density at radius 1 is 1.17 bits per heavy atom. The van der Waals surface area contributed by atoms with Gasteiger partial charge in [0.2, 0.25) is 10.0 Å². The predicted molar refractivity (Wildman–Crippen MR) is 115 cm³/mol. The number of hydrogen-bond donors (Lipinski definition) is 1. The van der Waals surface area contributed by atoms with Crippen molar-refractivity contribution in [3.05, 3.63) is 58.7 Å². The number of carbonyl (C=O) groups is 1. The van der Waals surface area contributed by atoms with Gasteiger partial charge in [-0.25, -0.2) is 8.42 Å². The maximum Gasteiger partial charge on any atom is 0.251 e. The van der Waals surface area contributed by atoms with Gasteiger partial charge in [-0.2, -0.15) is 0 Å². The van der Waals surface area contributed by atoms with Crippen LogP contribution >= 0.6 is 0 Å². The molecule has 3 rings (SSSR count). The molecule has 29 heavy (non-hydrogen) atoms. The van der Waals surface area contributed by atoms with Crippen molar-refractivity contribution in [1.82, 2.24) is 5.32 Å². The molecule has 1 unspecified atom stereocenters. The molecule has 7 heteroatoms. The summed E-state index contributed by atoms with van der Waals surface area (Å²) in [6, 6.07) is 10.9. The lowest BCUT2D eigenvalue weighted by molar-refractivity contribution is 0.0619. The van der Waals surface area contributed by atoms with Crippen LogP contribution in [0.4, 0.5) is 5.69 Å². The van der Waals surface area contributed by atoms with E-state index >= 15 is 0 Å². The number of benzene rings is 2. The molecule has 2 aromatic rings. The molecule has 6 nitrogen and oxygen atoms in total. The summed E-state index contributed by atoms with van der Waals surface area (Å²) in [6.07, 6.45) is 1.81. The van der Waals surface area contributed by atoms with Crippen molar-refractivity contribution in [2.24, 2.45) is 0 Å². The Hall–Kier alpha value is -2.54. The molecule has 1 N–H and O–H groups in total. The van der Waals surface area contributed by atoms with Crippen LogP contribution in [0.25, 0.3) is 0 Å². The van der Waals surface area contributed by atoms with Crippen LogP contribution < -0.4 is 14.4 Å². The summed E-state index contributed by atoms with van der Waals surface area (Å²) in [5, 5.41) is 3.12. The average molecular weight is 417 g/mol. The fourth-order valence-corrected chi connectivity index (χ4v) is 4.22. The largest absolute Gasteiger partial charge is 0.487 e. The average Bonchev–Trinajstić information content (AvgIpc) is 2.58. The molecule has 156 valence electrons. The summed E-state index contributed by atoms with van der Waals surface area (Å²) in [5.74, 6) is 0.601. The smallest absolute Gasteiger partial charge is 0.251 e. The van der Waals surface area contributed by atoms with Gasteiger partial charge in [-0.1, -0.05) is 12.1 Å². The molecular weight excluding hydrogens is 388 g/mol. The van der Waals surface area contributed by atoms with E-state index in [0.717, 1.165) is 23.1 Å². The number of aryl methyl sites for hydroxylation is 2. The van der Waals surface area contributed by atoms with Gasteiger partial charge >= 0.3 is 0 Å². The highest BCUT2D eigenvalue weighted by Gasteiger charge is 2.34. The molecule has 0 saturated heterocycles. The molecule has 0 aromatic heterocycles. The monoisotopic (exact) mass is 416 g/mol. The van der Waals surface area contributed by atoms with Crippen LogP contribution in [-0.2, 0) is 10.0 Å². The number of hydrogen-bond acceptors (Lipinski definition) is 4. The van der Waals surface area contributed by atoms with Crippen molar-refractivity contribution in [2.45, 2.75) is 45.8 Å². The number of carbonyl (C=O) groups excluding carboxylic acids is 1. The van der Waals surface area contributed by atoms with E-state index in [0.29, 0.717) is 23.2 Å². The summed E-state index contributed by atoms with van der Waals surface area (Å²) in [7, 11) is -1.86. The standard InChI is InChI=1S/C22H28N2O4S/c1-14-7-9-17-18(13-22(3,4)28-20(17)11-14)23-21(25)16-8-10-19(15(2)12-16)24(5)29(6,26)27/h7-12,18H,13H2,1-6H3,(H,23,25). The van der Waals surface area contributed by atoms with E-state index in [1.54, 1.807) is 25.1 Å². The van der Waals surface area contributed by atoms with Crippen LogP contribution in [-0.4, -0.2) is 33.2 Å². The topological polar surface area (TPSA) is 75.7 Å². The van der Waals surface area contributed by atoms with Crippen molar-refractivity contribution in [3.63, 3.8) is 0 Å². The molecule has 1 atom stereocenters. The highest BCUT2D eigenvalue weighted by Crippen LogP contribution is 2.40. The van der Waals surface area contributed by atoms with Crippen molar-refractivity contribution in [1.29, 1.82) is 0 Å². The Balaban J connectivity index is 1.86. The zero-order chi connectivity index (χ0) is 21.6. The van der Waals surface area contributed by atoms with E-state index in [1.807, 2.05) is 39.0 Å². The number of amides is 1. The third kappa shape index (κ3) is 4.56. The van der Waals surface area contributed by atoms with Gasteiger partial charge in [0.25, 0.3) is 5.91 Å². The second-order valence-electron chi connectivity index (χ2n) is 8.36. The van der Waals surface area contributed by atoms with Gasteiger partial charge in [0, 0.05) is 24.6 Å². The van der Waals surface area contributed by atoms with Gasteiger partial charge in [0.1, 0.15) is 11.4 Å². The van der Waals surface area contributed by atoms with Crippen LogP contribution in [0.15, 0.2) is 36.4 Å². The SMILES string of the molecule is Cc1ccc2c(c1)OC(C)(C)CC2NC(=O)c1ccc(N(C)S(C)(=O)=O)c(C)c1. The van der Waals surface area contributed by atoms with Gasteiger partial charge in [0.05, 0.1) is 18.0 Å². The van der Waals surface area contributed by atoms with Crippen molar-refractivity contribution in [3.8, 4) is 5.75 Å². The fraction of sp³-hybridized carbons (Fsp3) is 0.409. The number of sulfonamides is 1. The molecule has 0 radical (unpaired) electrons. The quantitative estimate of drug-likeness (QED) is 0.824. The van der Waals surface area contributed by atoms with Gasteiger partial charge < -0.3 is 10.1 Å². The zero-order valence-electron chi connectivity index (χ0n) is 17.7. The van der Waals surface area contributed by atoms with Crippen LogP contribution in [0.3, 0.4) is 0 Å². The number of fused-ring (bicyclic) bond motifs is 1. The summed E-state index contributed by atoms with van der Waals surface area (Å²) in [5.41, 5.74) is 3.44. The molecule has 0 saturated carbocycles. The molecule has 1 aliphatic rings. The van der Waals surface area contributed by atoms with E-state index < -0.39 is 15.6 Å². The lowest BCUT2D eigenvalue weighted by atomic mass is 9.89. The fourth-order valence-electron chi connectivity index (χ4n) is 3.66. The Labute approximate surface area is 172 Å². The predicted octanol–water partition coefficient (Wildman–Crippen LogP) is 3.73. The van der Waals surface area contributed by atoms with Gasteiger partial charge in [-0.3, -0.25) is 9.10 Å². The summed E-state index contributed by atoms with van der Waals surface area (Å²) < 4.78 is 30.9. The van der Waals surface area contributed by atoms with Crippen LogP contribution in [0.1, 0.15) is 53.4 Å². The van der Waals surface area contributed by atoms with E-state index in [9.17, 15) is 13.2 Å². The maximum absolute atomic E-state index is 12.9. The minimum atomic E-state index is -3.37. The lowest BCUT2D eigenvalue weighted by Gasteiger charge is -2.38.